The van der Waals surface area contributed by atoms with Crippen molar-refractivity contribution in [3.8, 4) is 0 Å². The van der Waals surface area contributed by atoms with E-state index in [0.717, 1.165) is 5.56 Å². The molecule has 1 atom stereocenters. The van der Waals surface area contributed by atoms with Crippen LogP contribution in [0.2, 0.25) is 0 Å². The minimum atomic E-state index is -0.956. The third-order valence-electron chi connectivity index (χ3n) is 3.50. The van der Waals surface area contributed by atoms with Crippen LogP contribution < -0.4 is 5.32 Å². The zero-order valence-electron chi connectivity index (χ0n) is 12.2. The Labute approximate surface area is 132 Å². The summed E-state index contributed by atoms with van der Waals surface area (Å²) in [5.41, 5.74) is 1.20. The molecule has 1 saturated heterocycles. The number of aromatic carboxylic acids is 1. The highest BCUT2D eigenvalue weighted by Crippen LogP contribution is 2.20. The van der Waals surface area contributed by atoms with Crippen LogP contribution in [0.4, 0.5) is 0 Å². The number of nitrogens with one attached hydrogen (secondary N) is 1. The van der Waals surface area contributed by atoms with Gasteiger partial charge in [0, 0.05) is 19.2 Å². The molecule has 2 N–H and O–H groups in total. The largest absolute Gasteiger partial charge is 0.478 e. The summed E-state index contributed by atoms with van der Waals surface area (Å²) < 4.78 is 0. The zero-order chi connectivity index (χ0) is 16.1. The van der Waals surface area contributed by atoms with Crippen molar-refractivity contribution in [2.45, 2.75) is 19.4 Å². The van der Waals surface area contributed by atoms with Crippen molar-refractivity contribution in [1.29, 1.82) is 0 Å². The highest BCUT2D eigenvalue weighted by molar-refractivity contribution is 7.99. The second-order valence-corrected chi connectivity index (χ2v) is 6.05. The molecule has 0 spiro atoms. The van der Waals surface area contributed by atoms with Crippen molar-refractivity contribution in [2.75, 3.05) is 18.2 Å². The number of nitrogens with zero attached hydrogens (tertiary/aromatic N) is 1. The fourth-order valence-corrected chi connectivity index (χ4v) is 3.45. The van der Waals surface area contributed by atoms with Gasteiger partial charge in [-0.15, -0.1) is 11.8 Å². The van der Waals surface area contributed by atoms with Crippen molar-refractivity contribution in [3.05, 3.63) is 35.4 Å². The predicted octanol–water partition coefficient (Wildman–Crippen LogP) is 0.965. The van der Waals surface area contributed by atoms with Gasteiger partial charge in [-0.25, -0.2) is 4.79 Å². The molecule has 0 radical (unpaired) electrons. The monoisotopic (exact) mass is 322 g/mol. The van der Waals surface area contributed by atoms with Gasteiger partial charge in [-0.1, -0.05) is 12.1 Å². The Morgan fingerprint density at radius 1 is 1.32 bits per heavy atom. The minimum absolute atomic E-state index is 0.0885. The van der Waals surface area contributed by atoms with E-state index in [0.29, 0.717) is 24.6 Å². The van der Waals surface area contributed by atoms with Crippen LogP contribution in [0.1, 0.15) is 22.8 Å². The molecule has 1 heterocycles. The molecule has 2 amide bonds. The molecular weight excluding hydrogens is 304 g/mol. The first-order chi connectivity index (χ1) is 10.5. The number of carbonyl (C=O) groups is 3. The van der Waals surface area contributed by atoms with Crippen molar-refractivity contribution in [1.82, 2.24) is 10.2 Å². The molecule has 1 aliphatic heterocycles. The topological polar surface area (TPSA) is 86.7 Å². The number of benzene rings is 1. The Morgan fingerprint density at radius 2 is 2.00 bits per heavy atom. The fraction of sp³-hybridized carbons (Fsp3) is 0.400. The summed E-state index contributed by atoms with van der Waals surface area (Å²) in [6, 6.07) is 6.18. The van der Waals surface area contributed by atoms with Crippen LogP contribution >= 0.6 is 11.8 Å². The van der Waals surface area contributed by atoms with E-state index >= 15 is 0 Å². The predicted molar refractivity (Wildman–Crippen MR) is 83.7 cm³/mol. The first-order valence-electron chi connectivity index (χ1n) is 6.94. The molecule has 22 heavy (non-hydrogen) atoms. The SMILES string of the molecule is CC(=O)N1CSC[C@@H]1C(=O)NCCc1ccc(C(=O)O)cc1. The lowest BCUT2D eigenvalue weighted by atomic mass is 10.1. The zero-order valence-corrected chi connectivity index (χ0v) is 13.1. The molecule has 0 aliphatic carbocycles. The van der Waals surface area contributed by atoms with Gasteiger partial charge in [-0.05, 0) is 24.1 Å². The number of rotatable bonds is 5. The fourth-order valence-electron chi connectivity index (χ4n) is 2.23. The molecule has 2 rings (SSSR count). The molecule has 0 aromatic heterocycles. The van der Waals surface area contributed by atoms with E-state index in [4.69, 9.17) is 5.11 Å². The van der Waals surface area contributed by atoms with Crippen molar-refractivity contribution < 1.29 is 19.5 Å². The van der Waals surface area contributed by atoms with E-state index in [2.05, 4.69) is 5.32 Å². The molecule has 1 aromatic rings. The molecule has 1 aliphatic rings. The normalized spacial score (nSPS) is 17.3. The first kappa shape index (κ1) is 16.4. The summed E-state index contributed by atoms with van der Waals surface area (Å²) in [4.78, 5) is 35.9. The minimum Gasteiger partial charge on any atom is -0.478 e. The van der Waals surface area contributed by atoms with Crippen LogP contribution in [0.5, 0.6) is 0 Å². The number of hydrogen-bond acceptors (Lipinski definition) is 4. The van der Waals surface area contributed by atoms with Crippen LogP contribution in [0, 0.1) is 0 Å². The lowest BCUT2D eigenvalue weighted by Gasteiger charge is -2.21. The Balaban J connectivity index is 1.81. The first-order valence-corrected chi connectivity index (χ1v) is 8.09. The van der Waals surface area contributed by atoms with Crippen LogP contribution in [0.25, 0.3) is 0 Å². The molecule has 7 heteroatoms. The van der Waals surface area contributed by atoms with Crippen LogP contribution in [0.3, 0.4) is 0 Å². The van der Waals surface area contributed by atoms with E-state index in [1.165, 1.54) is 6.92 Å². The van der Waals surface area contributed by atoms with Crippen molar-refractivity contribution >= 4 is 29.5 Å². The maximum absolute atomic E-state index is 12.1. The lowest BCUT2D eigenvalue weighted by molar-refractivity contribution is -0.136. The summed E-state index contributed by atoms with van der Waals surface area (Å²) in [5.74, 6) is 0.00247. The Hall–Kier alpha value is -2.02. The summed E-state index contributed by atoms with van der Waals surface area (Å²) in [7, 11) is 0. The summed E-state index contributed by atoms with van der Waals surface area (Å²) in [6.07, 6.45) is 0.617. The number of carboxylic acid groups (broad SMARTS) is 1. The lowest BCUT2D eigenvalue weighted by Crippen LogP contribution is -2.46. The maximum atomic E-state index is 12.1. The molecule has 0 bridgehead atoms. The summed E-state index contributed by atoms with van der Waals surface area (Å²) in [6.45, 7) is 1.92. The van der Waals surface area contributed by atoms with E-state index in [1.54, 1.807) is 40.9 Å². The Bertz CT molecular complexity index is 573. The number of thioether (sulfide) groups is 1. The summed E-state index contributed by atoms with van der Waals surface area (Å²) in [5, 5.41) is 11.7. The third-order valence-corrected chi connectivity index (χ3v) is 4.52. The van der Waals surface area contributed by atoms with Gasteiger partial charge in [0.25, 0.3) is 0 Å². The van der Waals surface area contributed by atoms with Gasteiger partial charge in [-0.2, -0.15) is 0 Å². The maximum Gasteiger partial charge on any atom is 0.335 e. The van der Waals surface area contributed by atoms with Crippen LogP contribution in [0.15, 0.2) is 24.3 Å². The molecule has 0 unspecified atom stereocenters. The van der Waals surface area contributed by atoms with Gasteiger partial charge in [0.05, 0.1) is 11.4 Å². The van der Waals surface area contributed by atoms with Gasteiger partial charge in [0.15, 0.2) is 0 Å². The molecule has 1 aromatic carbocycles. The quantitative estimate of drug-likeness (QED) is 0.843. The highest BCUT2D eigenvalue weighted by atomic mass is 32.2. The molecule has 6 nitrogen and oxygen atoms in total. The number of hydrogen-bond donors (Lipinski definition) is 2. The third kappa shape index (κ3) is 4.00. The smallest absolute Gasteiger partial charge is 0.335 e. The van der Waals surface area contributed by atoms with Crippen molar-refractivity contribution in [3.63, 3.8) is 0 Å². The van der Waals surface area contributed by atoms with Gasteiger partial charge in [0.2, 0.25) is 11.8 Å². The number of carboxylic acids is 1. The number of amides is 2. The highest BCUT2D eigenvalue weighted by Gasteiger charge is 2.32. The van der Waals surface area contributed by atoms with Gasteiger partial charge in [-0.3, -0.25) is 9.59 Å². The Morgan fingerprint density at radius 3 is 2.59 bits per heavy atom. The van der Waals surface area contributed by atoms with Gasteiger partial charge < -0.3 is 15.3 Å². The second-order valence-electron chi connectivity index (χ2n) is 5.05. The van der Waals surface area contributed by atoms with E-state index < -0.39 is 12.0 Å². The average molecular weight is 322 g/mol. The van der Waals surface area contributed by atoms with E-state index in [1.807, 2.05) is 0 Å². The summed E-state index contributed by atoms with van der Waals surface area (Å²) >= 11 is 1.57. The molecule has 118 valence electrons. The van der Waals surface area contributed by atoms with E-state index in [9.17, 15) is 14.4 Å². The van der Waals surface area contributed by atoms with E-state index in [-0.39, 0.29) is 17.4 Å². The molecular formula is C15H18N2O4S. The molecule has 0 saturated carbocycles. The number of carbonyl (C=O) groups excluding carboxylic acids is 2. The molecule has 1 fully saturated rings. The van der Waals surface area contributed by atoms with Gasteiger partial charge in [0.1, 0.15) is 6.04 Å². The second kappa shape index (κ2) is 7.31. The van der Waals surface area contributed by atoms with Crippen LogP contribution in [-0.2, 0) is 16.0 Å². The standard InChI is InChI=1S/C15H18N2O4S/c1-10(18)17-9-22-8-13(17)14(19)16-7-6-11-2-4-12(5-3-11)15(20)21/h2-5,13H,6-9H2,1H3,(H,16,19)(H,20,21)/t13-/m1/s1. The Kier molecular flexibility index (Phi) is 5.43. The van der Waals surface area contributed by atoms with Crippen LogP contribution in [-0.4, -0.2) is 52.0 Å². The van der Waals surface area contributed by atoms with Gasteiger partial charge >= 0.3 is 5.97 Å². The van der Waals surface area contributed by atoms with Crippen molar-refractivity contribution in [2.24, 2.45) is 0 Å². The average Bonchev–Trinajstić information content (AvgIpc) is 2.97.